The molecule has 3 aromatic rings. The lowest BCUT2D eigenvalue weighted by atomic mass is 9.84. The smallest absolute Gasteiger partial charge is 0.406 e. The van der Waals surface area contributed by atoms with Crippen molar-refractivity contribution in [2.75, 3.05) is 39.4 Å². The van der Waals surface area contributed by atoms with E-state index >= 15 is 0 Å². The Bertz CT molecular complexity index is 1280. The van der Waals surface area contributed by atoms with Crippen LogP contribution < -0.4 is 4.74 Å². The van der Waals surface area contributed by atoms with E-state index < -0.39 is 23.9 Å². The average Bonchev–Trinajstić information content (AvgIpc) is 3.38. The van der Waals surface area contributed by atoms with Crippen molar-refractivity contribution in [3.8, 4) is 17.1 Å². The van der Waals surface area contributed by atoms with Gasteiger partial charge in [-0.3, -0.25) is 0 Å². The fraction of sp³-hybridized carbons (Fsp3) is 0.400. The van der Waals surface area contributed by atoms with Gasteiger partial charge in [0.1, 0.15) is 17.4 Å². The molecule has 0 saturated carbocycles. The molecule has 1 aromatic heterocycles. The second kappa shape index (κ2) is 10.6. The SMILES string of the molecule is O=C(N1CCOCC1)N1CC(c2ccc(OC(F)(F)F)cc2)CC(c2nc(-c3ccc(F)cc3F)no2)C1. The van der Waals surface area contributed by atoms with E-state index in [1.807, 2.05) is 0 Å². The van der Waals surface area contributed by atoms with Gasteiger partial charge >= 0.3 is 12.4 Å². The van der Waals surface area contributed by atoms with Crippen LogP contribution in [0.1, 0.15) is 29.7 Å². The molecular weight excluding hydrogens is 515 g/mol. The third kappa shape index (κ3) is 5.87. The topological polar surface area (TPSA) is 80.9 Å². The molecule has 5 rings (SSSR count). The van der Waals surface area contributed by atoms with Crippen LogP contribution in [0.15, 0.2) is 47.0 Å². The molecule has 13 heteroatoms. The second-order valence-electron chi connectivity index (χ2n) is 9.11. The highest BCUT2D eigenvalue weighted by atomic mass is 19.4. The van der Waals surface area contributed by atoms with Crippen molar-refractivity contribution in [2.24, 2.45) is 0 Å². The van der Waals surface area contributed by atoms with Gasteiger partial charge in [-0.2, -0.15) is 4.98 Å². The third-order valence-electron chi connectivity index (χ3n) is 6.55. The first-order chi connectivity index (χ1) is 18.2. The van der Waals surface area contributed by atoms with E-state index in [-0.39, 0.29) is 41.5 Å². The number of rotatable bonds is 4. The van der Waals surface area contributed by atoms with Crippen LogP contribution in [-0.4, -0.2) is 71.7 Å². The molecule has 2 aliphatic rings. The fourth-order valence-corrected chi connectivity index (χ4v) is 4.75. The summed E-state index contributed by atoms with van der Waals surface area (Å²) < 4.78 is 80.1. The van der Waals surface area contributed by atoms with E-state index in [1.54, 1.807) is 9.80 Å². The Morgan fingerprint density at radius 2 is 1.68 bits per heavy atom. The lowest BCUT2D eigenvalue weighted by Crippen LogP contribution is -2.52. The summed E-state index contributed by atoms with van der Waals surface area (Å²) in [5.41, 5.74) is 0.670. The van der Waals surface area contributed by atoms with Gasteiger partial charge in [0.15, 0.2) is 0 Å². The van der Waals surface area contributed by atoms with Crippen LogP contribution in [0.3, 0.4) is 0 Å². The zero-order valence-corrected chi connectivity index (χ0v) is 20.0. The molecule has 202 valence electrons. The maximum atomic E-state index is 14.3. The summed E-state index contributed by atoms with van der Waals surface area (Å²) >= 11 is 0. The quantitative estimate of drug-likeness (QED) is 0.438. The summed E-state index contributed by atoms with van der Waals surface area (Å²) in [4.78, 5) is 21.0. The number of morpholine rings is 1. The Balaban J connectivity index is 1.41. The van der Waals surface area contributed by atoms with Crippen LogP contribution in [0.5, 0.6) is 5.75 Å². The van der Waals surface area contributed by atoms with Gasteiger partial charge in [0.05, 0.1) is 24.7 Å². The number of aromatic nitrogens is 2. The lowest BCUT2D eigenvalue weighted by molar-refractivity contribution is -0.274. The van der Waals surface area contributed by atoms with Crippen LogP contribution in [0.25, 0.3) is 11.4 Å². The van der Waals surface area contributed by atoms with Gasteiger partial charge in [-0.25, -0.2) is 13.6 Å². The molecule has 2 amide bonds. The predicted molar refractivity (Wildman–Crippen MR) is 122 cm³/mol. The highest BCUT2D eigenvalue weighted by Crippen LogP contribution is 2.37. The standard InChI is InChI=1S/C25H23F5N4O4/c26-18-3-6-20(21(27)12-18)22-31-23(38-32-22)17-11-16(15-1-4-19(5-2-15)37-25(28,29)30)13-34(14-17)24(35)33-7-9-36-10-8-33/h1-6,12,16-17H,7-11,13-14H2. The monoisotopic (exact) mass is 538 g/mol. The Morgan fingerprint density at radius 3 is 2.37 bits per heavy atom. The molecule has 3 heterocycles. The average molecular weight is 538 g/mol. The van der Waals surface area contributed by atoms with Gasteiger partial charge < -0.3 is 23.8 Å². The van der Waals surface area contributed by atoms with Crippen molar-refractivity contribution in [1.29, 1.82) is 0 Å². The molecule has 2 atom stereocenters. The largest absolute Gasteiger partial charge is 0.573 e. The third-order valence-corrected chi connectivity index (χ3v) is 6.55. The number of benzene rings is 2. The fourth-order valence-electron chi connectivity index (χ4n) is 4.75. The molecule has 2 aliphatic heterocycles. The molecule has 38 heavy (non-hydrogen) atoms. The van der Waals surface area contributed by atoms with E-state index in [1.165, 1.54) is 30.3 Å². The molecule has 0 bridgehead atoms. The Morgan fingerprint density at radius 1 is 0.974 bits per heavy atom. The van der Waals surface area contributed by atoms with Gasteiger partial charge in [0.2, 0.25) is 11.7 Å². The highest BCUT2D eigenvalue weighted by Gasteiger charge is 2.37. The van der Waals surface area contributed by atoms with Crippen LogP contribution in [0.4, 0.5) is 26.7 Å². The van der Waals surface area contributed by atoms with Crippen LogP contribution in [0, 0.1) is 11.6 Å². The van der Waals surface area contributed by atoms with E-state index in [0.29, 0.717) is 44.8 Å². The number of halogens is 5. The normalized spacial score (nSPS) is 20.4. The zero-order valence-electron chi connectivity index (χ0n) is 20.0. The molecule has 0 radical (unpaired) electrons. The van der Waals surface area contributed by atoms with Gasteiger partial charge in [-0.15, -0.1) is 13.2 Å². The molecule has 8 nitrogen and oxygen atoms in total. The Hall–Kier alpha value is -3.74. The summed E-state index contributed by atoms with van der Waals surface area (Å²) in [6, 6.07) is 8.31. The van der Waals surface area contributed by atoms with Gasteiger partial charge in [0, 0.05) is 38.2 Å². The minimum absolute atomic E-state index is 0.0322. The number of urea groups is 1. The van der Waals surface area contributed by atoms with Gasteiger partial charge in [0.25, 0.3) is 0 Å². The van der Waals surface area contributed by atoms with Crippen molar-refractivity contribution in [3.05, 3.63) is 65.6 Å². The first kappa shape index (κ1) is 25.9. The molecular formula is C25H23F5N4O4. The minimum atomic E-state index is -4.81. The Labute approximate surface area is 213 Å². The molecule has 2 aromatic carbocycles. The molecule has 2 fully saturated rings. The molecule has 0 spiro atoms. The van der Waals surface area contributed by atoms with E-state index in [2.05, 4.69) is 14.9 Å². The first-order valence-corrected chi connectivity index (χ1v) is 11.9. The summed E-state index contributed by atoms with van der Waals surface area (Å²) in [5, 5.41) is 3.85. The summed E-state index contributed by atoms with van der Waals surface area (Å²) in [5.74, 6) is -2.52. The number of hydrogen-bond donors (Lipinski definition) is 0. The summed E-state index contributed by atoms with van der Waals surface area (Å²) in [6.07, 6.45) is -4.36. The number of hydrogen-bond acceptors (Lipinski definition) is 6. The number of carbonyl (C=O) groups is 1. The van der Waals surface area contributed by atoms with Crippen molar-refractivity contribution < 1.29 is 40.7 Å². The molecule has 2 unspecified atom stereocenters. The number of amides is 2. The number of nitrogens with zero attached hydrogens (tertiary/aromatic N) is 4. The first-order valence-electron chi connectivity index (χ1n) is 11.9. The van der Waals surface area contributed by atoms with E-state index in [9.17, 15) is 26.7 Å². The zero-order chi connectivity index (χ0) is 26.9. The molecule has 0 N–H and O–H groups in total. The van der Waals surface area contributed by atoms with Crippen molar-refractivity contribution in [1.82, 2.24) is 19.9 Å². The van der Waals surface area contributed by atoms with E-state index in [0.717, 1.165) is 12.1 Å². The van der Waals surface area contributed by atoms with Crippen molar-refractivity contribution in [2.45, 2.75) is 24.6 Å². The number of piperidine rings is 1. The van der Waals surface area contributed by atoms with Crippen LogP contribution in [0.2, 0.25) is 0 Å². The summed E-state index contributed by atoms with van der Waals surface area (Å²) in [6.45, 7) is 2.27. The second-order valence-corrected chi connectivity index (χ2v) is 9.11. The van der Waals surface area contributed by atoms with Crippen LogP contribution in [-0.2, 0) is 4.74 Å². The summed E-state index contributed by atoms with van der Waals surface area (Å²) in [7, 11) is 0. The molecule has 2 saturated heterocycles. The van der Waals surface area contributed by atoms with Crippen molar-refractivity contribution >= 4 is 6.03 Å². The van der Waals surface area contributed by atoms with E-state index in [4.69, 9.17) is 9.26 Å². The molecule has 0 aliphatic carbocycles. The van der Waals surface area contributed by atoms with Gasteiger partial charge in [-0.1, -0.05) is 17.3 Å². The predicted octanol–water partition coefficient (Wildman–Crippen LogP) is 4.94. The number of likely N-dealkylation sites (tertiary alicyclic amines) is 1. The number of carbonyl (C=O) groups excluding carboxylic acids is 1. The minimum Gasteiger partial charge on any atom is -0.406 e. The van der Waals surface area contributed by atoms with Gasteiger partial charge in [-0.05, 0) is 36.2 Å². The van der Waals surface area contributed by atoms with Crippen LogP contribution >= 0.6 is 0 Å². The maximum Gasteiger partial charge on any atom is 0.573 e. The number of alkyl halides is 3. The lowest BCUT2D eigenvalue weighted by Gasteiger charge is -2.40. The highest BCUT2D eigenvalue weighted by molar-refractivity contribution is 5.75. The Kier molecular flexibility index (Phi) is 7.19. The number of ether oxygens (including phenoxy) is 2. The van der Waals surface area contributed by atoms with Crippen molar-refractivity contribution in [3.63, 3.8) is 0 Å². The maximum absolute atomic E-state index is 14.3.